The number of rotatable bonds is 5. The Labute approximate surface area is 122 Å². The molecule has 0 radical (unpaired) electrons. The first-order valence-corrected chi connectivity index (χ1v) is 7.05. The first-order valence-electron chi connectivity index (χ1n) is 6.67. The molecule has 1 aromatic carbocycles. The quantitative estimate of drug-likeness (QED) is 0.844. The molecule has 0 bridgehead atoms. The number of nitrogens with one attached hydrogen (secondary N) is 1. The van der Waals surface area contributed by atoms with Crippen LogP contribution in [0.25, 0.3) is 0 Å². The molecule has 1 saturated heterocycles. The number of hydrogen-bond donors (Lipinski definition) is 1. The minimum atomic E-state index is -0.329. The lowest BCUT2D eigenvalue weighted by Crippen LogP contribution is -2.41. The van der Waals surface area contributed by atoms with Crippen LogP contribution in [0.4, 0.5) is 4.39 Å². The third-order valence-corrected chi connectivity index (χ3v) is 3.60. The normalized spacial score (nSPS) is 15.4. The molecule has 6 heteroatoms. The van der Waals surface area contributed by atoms with E-state index >= 15 is 0 Å². The minimum Gasteiger partial charge on any atom is -0.378 e. The molecule has 1 amide bonds. The summed E-state index contributed by atoms with van der Waals surface area (Å²) in [5.41, 5.74) is 0.438. The van der Waals surface area contributed by atoms with Gasteiger partial charge in [-0.05, 0) is 12.1 Å². The molecule has 1 aromatic rings. The number of ether oxygens (including phenoxy) is 1. The number of carbonyl (C=O) groups is 1. The van der Waals surface area contributed by atoms with Crippen molar-refractivity contribution in [2.24, 2.45) is 0 Å². The zero-order chi connectivity index (χ0) is 14.4. The van der Waals surface area contributed by atoms with Crippen LogP contribution in [-0.2, 0) is 16.1 Å². The van der Waals surface area contributed by atoms with Crippen LogP contribution in [0.15, 0.2) is 18.2 Å². The van der Waals surface area contributed by atoms with Gasteiger partial charge >= 0.3 is 0 Å². The molecule has 0 unspecified atom stereocenters. The van der Waals surface area contributed by atoms with Gasteiger partial charge in [0, 0.05) is 43.2 Å². The Bertz CT molecular complexity index is 444. The molecule has 1 heterocycles. The fourth-order valence-electron chi connectivity index (χ4n) is 2.08. The Morgan fingerprint density at radius 2 is 2.15 bits per heavy atom. The smallest absolute Gasteiger partial charge is 0.224 e. The van der Waals surface area contributed by atoms with E-state index in [0.717, 1.165) is 0 Å². The van der Waals surface area contributed by atoms with E-state index in [2.05, 4.69) is 5.32 Å². The lowest BCUT2D eigenvalue weighted by atomic mass is 10.2. The Kier molecular flexibility index (Phi) is 5.76. The fourth-order valence-corrected chi connectivity index (χ4v) is 2.31. The van der Waals surface area contributed by atoms with Crippen molar-refractivity contribution >= 4 is 17.5 Å². The van der Waals surface area contributed by atoms with Crippen molar-refractivity contribution in [2.75, 3.05) is 32.8 Å². The first-order chi connectivity index (χ1) is 9.68. The first kappa shape index (κ1) is 15.2. The van der Waals surface area contributed by atoms with Crippen LogP contribution in [0.5, 0.6) is 0 Å². The number of benzene rings is 1. The Balaban J connectivity index is 1.72. The number of halogens is 2. The molecule has 2 rings (SSSR count). The maximum absolute atomic E-state index is 13.5. The summed E-state index contributed by atoms with van der Waals surface area (Å²) >= 11 is 5.92. The van der Waals surface area contributed by atoms with Crippen molar-refractivity contribution in [3.63, 3.8) is 0 Å². The summed E-state index contributed by atoms with van der Waals surface area (Å²) in [6, 6.07) is 4.60. The summed E-state index contributed by atoms with van der Waals surface area (Å²) in [7, 11) is 0. The predicted octanol–water partition coefficient (Wildman–Crippen LogP) is 1.82. The molecular weight excluding hydrogens is 283 g/mol. The highest BCUT2D eigenvalue weighted by Crippen LogP contribution is 2.18. The van der Waals surface area contributed by atoms with Gasteiger partial charge < -0.3 is 15.0 Å². The van der Waals surface area contributed by atoms with Crippen molar-refractivity contribution in [3.8, 4) is 0 Å². The summed E-state index contributed by atoms with van der Waals surface area (Å²) in [5.74, 6) is -0.232. The molecule has 1 fully saturated rings. The van der Waals surface area contributed by atoms with Crippen molar-refractivity contribution in [1.29, 1.82) is 0 Å². The topological polar surface area (TPSA) is 41.6 Å². The second-order valence-electron chi connectivity index (χ2n) is 4.62. The fraction of sp³-hybridized carbons (Fsp3) is 0.500. The van der Waals surface area contributed by atoms with E-state index in [4.69, 9.17) is 16.3 Å². The van der Waals surface area contributed by atoms with E-state index in [-0.39, 0.29) is 11.7 Å². The average molecular weight is 301 g/mol. The van der Waals surface area contributed by atoms with Crippen molar-refractivity contribution in [2.45, 2.75) is 13.0 Å². The number of hydrogen-bond acceptors (Lipinski definition) is 3. The Morgan fingerprint density at radius 3 is 2.85 bits per heavy atom. The molecule has 0 aliphatic carbocycles. The van der Waals surface area contributed by atoms with Gasteiger partial charge in [0.2, 0.25) is 5.91 Å². The number of carbonyl (C=O) groups excluding carboxylic acids is 1. The van der Waals surface area contributed by atoms with Crippen LogP contribution >= 0.6 is 11.6 Å². The molecule has 20 heavy (non-hydrogen) atoms. The van der Waals surface area contributed by atoms with Gasteiger partial charge in [0.05, 0.1) is 13.2 Å². The van der Waals surface area contributed by atoms with Gasteiger partial charge in [0.1, 0.15) is 5.82 Å². The number of nitrogens with zero attached hydrogens (tertiary/aromatic N) is 1. The summed E-state index contributed by atoms with van der Waals surface area (Å²) in [6.07, 6.45) is 0.395. The van der Waals surface area contributed by atoms with Gasteiger partial charge in [0.25, 0.3) is 0 Å². The monoisotopic (exact) mass is 300 g/mol. The van der Waals surface area contributed by atoms with Crippen LogP contribution in [0.2, 0.25) is 5.02 Å². The molecule has 1 aliphatic heterocycles. The zero-order valence-corrected chi connectivity index (χ0v) is 12.0. The molecule has 4 nitrogen and oxygen atoms in total. The molecular formula is C14H18ClFN2O2. The molecule has 0 aromatic heterocycles. The summed E-state index contributed by atoms with van der Waals surface area (Å²) < 4.78 is 18.7. The van der Waals surface area contributed by atoms with Gasteiger partial charge in [-0.2, -0.15) is 0 Å². The van der Waals surface area contributed by atoms with Crippen molar-refractivity contribution in [1.82, 2.24) is 10.2 Å². The minimum absolute atomic E-state index is 0.0976. The molecule has 110 valence electrons. The van der Waals surface area contributed by atoms with Gasteiger partial charge in [-0.3, -0.25) is 4.79 Å². The lowest BCUT2D eigenvalue weighted by Gasteiger charge is -2.26. The Hall–Kier alpha value is -1.17. The third-order valence-electron chi connectivity index (χ3n) is 3.24. The van der Waals surface area contributed by atoms with Crippen LogP contribution in [0, 0.1) is 5.82 Å². The predicted molar refractivity (Wildman–Crippen MR) is 75.1 cm³/mol. The van der Waals surface area contributed by atoms with E-state index in [9.17, 15) is 9.18 Å². The molecule has 0 atom stereocenters. The molecule has 0 spiro atoms. The molecule has 1 N–H and O–H groups in total. The third kappa shape index (κ3) is 4.16. The standard InChI is InChI=1S/C14H18ClFN2O2/c15-12-2-1-3-13(16)11(12)10-17-5-4-14(19)18-6-8-20-9-7-18/h1-3,17H,4-10H2. The maximum Gasteiger partial charge on any atom is 0.224 e. The highest BCUT2D eigenvalue weighted by Gasteiger charge is 2.16. The number of morpholine rings is 1. The van der Waals surface area contributed by atoms with E-state index in [1.807, 2.05) is 0 Å². The van der Waals surface area contributed by atoms with Gasteiger partial charge in [-0.1, -0.05) is 17.7 Å². The average Bonchev–Trinajstić information content (AvgIpc) is 2.46. The Morgan fingerprint density at radius 1 is 1.40 bits per heavy atom. The van der Waals surface area contributed by atoms with E-state index in [0.29, 0.717) is 56.4 Å². The van der Waals surface area contributed by atoms with Crippen LogP contribution < -0.4 is 5.32 Å². The second-order valence-corrected chi connectivity index (χ2v) is 5.03. The van der Waals surface area contributed by atoms with Crippen molar-refractivity contribution in [3.05, 3.63) is 34.6 Å². The SMILES string of the molecule is O=C(CCNCc1c(F)cccc1Cl)N1CCOCC1. The van der Waals surface area contributed by atoms with E-state index in [1.54, 1.807) is 17.0 Å². The zero-order valence-electron chi connectivity index (χ0n) is 11.2. The largest absolute Gasteiger partial charge is 0.378 e. The summed E-state index contributed by atoms with van der Waals surface area (Å²) in [4.78, 5) is 13.7. The van der Waals surface area contributed by atoms with Crippen LogP contribution in [-0.4, -0.2) is 43.7 Å². The van der Waals surface area contributed by atoms with Crippen LogP contribution in [0.1, 0.15) is 12.0 Å². The van der Waals surface area contributed by atoms with E-state index in [1.165, 1.54) is 6.07 Å². The molecule has 1 aliphatic rings. The van der Waals surface area contributed by atoms with Gasteiger partial charge in [-0.15, -0.1) is 0 Å². The van der Waals surface area contributed by atoms with Crippen LogP contribution in [0.3, 0.4) is 0 Å². The van der Waals surface area contributed by atoms with E-state index < -0.39 is 0 Å². The highest BCUT2D eigenvalue weighted by molar-refractivity contribution is 6.31. The van der Waals surface area contributed by atoms with Crippen molar-refractivity contribution < 1.29 is 13.9 Å². The van der Waals surface area contributed by atoms with Gasteiger partial charge in [0.15, 0.2) is 0 Å². The summed E-state index contributed by atoms with van der Waals surface area (Å²) in [6.45, 7) is 3.33. The summed E-state index contributed by atoms with van der Waals surface area (Å²) in [5, 5.41) is 3.45. The highest BCUT2D eigenvalue weighted by atomic mass is 35.5. The lowest BCUT2D eigenvalue weighted by molar-refractivity contribution is -0.135. The second kappa shape index (κ2) is 7.57. The maximum atomic E-state index is 13.5. The molecule has 0 saturated carbocycles. The number of amides is 1. The van der Waals surface area contributed by atoms with Gasteiger partial charge in [-0.25, -0.2) is 4.39 Å².